The number of urea groups is 1. The van der Waals surface area contributed by atoms with Gasteiger partial charge in [-0.2, -0.15) is 13.2 Å². The number of benzene rings is 1. The van der Waals surface area contributed by atoms with Crippen LogP contribution < -0.4 is 15.8 Å². The second kappa shape index (κ2) is 9.81. The van der Waals surface area contributed by atoms with Gasteiger partial charge in [0.1, 0.15) is 5.75 Å². The van der Waals surface area contributed by atoms with E-state index in [0.717, 1.165) is 19.2 Å². The zero-order valence-electron chi connectivity index (χ0n) is 16.6. The normalized spacial score (nSPS) is 19.3. The number of carbonyl (C=O) groups is 2. The van der Waals surface area contributed by atoms with Crippen LogP contribution in [0.5, 0.6) is 5.75 Å². The first-order valence-corrected chi connectivity index (χ1v) is 10.6. The molecule has 0 radical (unpaired) electrons. The molecule has 2 amide bonds. The maximum absolute atomic E-state index is 12.7. The number of hydrogen-bond acceptors (Lipinski definition) is 5. The van der Waals surface area contributed by atoms with Crippen molar-refractivity contribution < 1.29 is 27.5 Å². The Morgan fingerprint density at radius 3 is 2.19 bits per heavy atom. The second-order valence-corrected chi connectivity index (χ2v) is 8.38. The lowest BCUT2D eigenvalue weighted by Gasteiger charge is -2.38. The summed E-state index contributed by atoms with van der Waals surface area (Å²) >= 11 is 11.9. The van der Waals surface area contributed by atoms with Crippen molar-refractivity contribution in [3.05, 3.63) is 27.7 Å². The molecule has 3 N–H and O–H groups in total. The molecular weight excluding hydrogens is 460 g/mol. The second-order valence-electron chi connectivity index (χ2n) is 7.56. The number of nitrogens with two attached hydrogens (primary N) is 1. The van der Waals surface area contributed by atoms with Crippen molar-refractivity contribution in [1.29, 1.82) is 0 Å². The van der Waals surface area contributed by atoms with Crippen molar-refractivity contribution in [2.24, 2.45) is 11.7 Å². The highest BCUT2D eigenvalue weighted by Crippen LogP contribution is 2.39. The maximum Gasteiger partial charge on any atom is 0.491 e. The lowest BCUT2D eigenvalue weighted by Crippen LogP contribution is -2.53. The van der Waals surface area contributed by atoms with Crippen molar-refractivity contribution in [3.63, 3.8) is 0 Å². The highest BCUT2D eigenvalue weighted by Gasteiger charge is 2.42. The number of piperazine rings is 1. The molecule has 0 unspecified atom stereocenters. The van der Waals surface area contributed by atoms with Gasteiger partial charge in [-0.05, 0) is 24.8 Å². The third kappa shape index (κ3) is 5.74. The predicted octanol–water partition coefficient (Wildman–Crippen LogP) is 3.20. The molecule has 1 aromatic rings. The molecule has 31 heavy (non-hydrogen) atoms. The van der Waals surface area contributed by atoms with Crippen LogP contribution in [0.4, 0.5) is 18.0 Å². The van der Waals surface area contributed by atoms with E-state index in [1.807, 2.05) is 0 Å². The maximum atomic E-state index is 12.7. The fourth-order valence-corrected chi connectivity index (χ4v) is 4.14. The minimum atomic E-state index is -5.16. The Morgan fingerprint density at radius 2 is 1.61 bits per heavy atom. The predicted molar refractivity (Wildman–Crippen MR) is 109 cm³/mol. The molecular formula is C19H23Cl2F3N4O3. The van der Waals surface area contributed by atoms with Gasteiger partial charge in [-0.3, -0.25) is 0 Å². The van der Waals surface area contributed by atoms with E-state index < -0.39 is 18.2 Å². The fraction of sp³-hybridized carbons (Fsp3) is 0.579. The third-order valence-corrected chi connectivity index (χ3v) is 6.27. The van der Waals surface area contributed by atoms with Crippen LogP contribution in [0.15, 0.2) is 12.1 Å². The molecule has 0 bridgehead atoms. The molecule has 12 heteroatoms. The van der Waals surface area contributed by atoms with Crippen molar-refractivity contribution in [2.75, 3.05) is 39.3 Å². The summed E-state index contributed by atoms with van der Waals surface area (Å²) in [7, 11) is 0. The Bertz CT molecular complexity index is 826. The van der Waals surface area contributed by atoms with Gasteiger partial charge in [-0.1, -0.05) is 23.2 Å². The summed E-state index contributed by atoms with van der Waals surface area (Å²) in [5, 5.41) is 3.23. The molecule has 2 saturated heterocycles. The molecule has 1 atom stereocenters. The van der Waals surface area contributed by atoms with Gasteiger partial charge in [0.15, 0.2) is 0 Å². The quantitative estimate of drug-likeness (QED) is 0.510. The molecule has 3 rings (SSSR count). The Balaban J connectivity index is 1.70. The van der Waals surface area contributed by atoms with E-state index in [1.165, 1.54) is 6.07 Å². The Kier molecular flexibility index (Phi) is 7.56. The van der Waals surface area contributed by atoms with Crippen molar-refractivity contribution in [2.45, 2.75) is 25.1 Å². The average molecular weight is 483 g/mol. The van der Waals surface area contributed by atoms with E-state index in [4.69, 9.17) is 28.9 Å². The number of rotatable bonds is 3. The Labute approximate surface area is 187 Å². The minimum absolute atomic E-state index is 0.0251. The first-order valence-electron chi connectivity index (χ1n) is 9.86. The van der Waals surface area contributed by atoms with Gasteiger partial charge in [-0.25, -0.2) is 9.59 Å². The number of esters is 1. The van der Waals surface area contributed by atoms with Gasteiger partial charge in [0.2, 0.25) is 0 Å². The van der Waals surface area contributed by atoms with Crippen LogP contribution in [0, 0.1) is 5.92 Å². The van der Waals surface area contributed by atoms with Gasteiger partial charge >= 0.3 is 18.2 Å². The molecule has 7 nitrogen and oxygen atoms in total. The summed E-state index contributed by atoms with van der Waals surface area (Å²) in [5.41, 5.74) is 6.51. The van der Waals surface area contributed by atoms with Crippen LogP contribution in [0.1, 0.15) is 24.4 Å². The summed E-state index contributed by atoms with van der Waals surface area (Å²) in [4.78, 5) is 27.5. The molecule has 0 spiro atoms. The smallest absolute Gasteiger partial charge is 0.419 e. The highest BCUT2D eigenvalue weighted by molar-refractivity contribution is 6.42. The Hall–Kier alpha value is -1.75. The van der Waals surface area contributed by atoms with Crippen LogP contribution in [0.25, 0.3) is 0 Å². The van der Waals surface area contributed by atoms with Crippen LogP contribution in [0.3, 0.4) is 0 Å². The van der Waals surface area contributed by atoms with Gasteiger partial charge in [0.25, 0.3) is 0 Å². The number of ether oxygens (including phenoxy) is 1. The first kappa shape index (κ1) is 23.9. The van der Waals surface area contributed by atoms with Gasteiger partial charge in [0.05, 0.1) is 10.0 Å². The van der Waals surface area contributed by atoms with E-state index in [2.05, 4.69) is 10.1 Å². The number of hydrogen-bond donors (Lipinski definition) is 2. The number of amides is 2. The van der Waals surface area contributed by atoms with E-state index in [-0.39, 0.29) is 33.3 Å². The number of halogens is 5. The average Bonchev–Trinajstić information content (AvgIpc) is 2.75. The van der Waals surface area contributed by atoms with Crippen LogP contribution in [-0.4, -0.2) is 67.2 Å². The summed E-state index contributed by atoms with van der Waals surface area (Å²) in [6.45, 7) is 3.75. The fourth-order valence-electron chi connectivity index (χ4n) is 3.81. The zero-order chi connectivity index (χ0) is 22.8. The lowest BCUT2D eigenvalue weighted by molar-refractivity contribution is -0.189. The van der Waals surface area contributed by atoms with Gasteiger partial charge in [-0.15, -0.1) is 0 Å². The molecule has 2 aliphatic rings. The number of carbonyl (C=O) groups excluding carboxylic acids is 2. The molecule has 0 aliphatic carbocycles. The number of alkyl halides is 3. The zero-order valence-corrected chi connectivity index (χ0v) is 18.1. The summed E-state index contributed by atoms with van der Waals surface area (Å²) in [5.74, 6) is -2.88. The SMILES string of the molecule is N[C@@H](c1cc(Cl)c(Cl)cc1OC(=O)C(F)(F)F)C1CCN(C(=O)N2CCNCC2)CC1. The van der Waals surface area contributed by atoms with Crippen molar-refractivity contribution in [3.8, 4) is 5.75 Å². The number of nitrogens with one attached hydrogen (secondary N) is 1. The summed E-state index contributed by atoms with van der Waals surface area (Å²) in [6.07, 6.45) is -4.07. The van der Waals surface area contributed by atoms with Crippen LogP contribution in [0.2, 0.25) is 10.0 Å². The molecule has 2 heterocycles. The number of likely N-dealkylation sites (tertiary alicyclic amines) is 1. The molecule has 2 aliphatic heterocycles. The molecule has 172 valence electrons. The monoisotopic (exact) mass is 482 g/mol. The lowest BCUT2D eigenvalue weighted by atomic mass is 9.85. The molecule has 2 fully saturated rings. The summed E-state index contributed by atoms with van der Waals surface area (Å²) < 4.78 is 42.5. The Morgan fingerprint density at radius 1 is 1.06 bits per heavy atom. The molecule has 1 aromatic carbocycles. The van der Waals surface area contributed by atoms with Crippen LogP contribution >= 0.6 is 23.2 Å². The van der Waals surface area contributed by atoms with E-state index in [0.29, 0.717) is 39.0 Å². The van der Waals surface area contributed by atoms with Crippen molar-refractivity contribution in [1.82, 2.24) is 15.1 Å². The van der Waals surface area contributed by atoms with Gasteiger partial charge < -0.3 is 25.6 Å². The minimum Gasteiger partial charge on any atom is -0.419 e. The molecule has 0 saturated carbocycles. The topological polar surface area (TPSA) is 87.9 Å². The summed E-state index contributed by atoms with van der Waals surface area (Å²) in [6, 6.07) is 1.61. The number of nitrogens with zero attached hydrogens (tertiary/aromatic N) is 2. The van der Waals surface area contributed by atoms with Crippen LogP contribution in [-0.2, 0) is 4.79 Å². The molecule has 0 aromatic heterocycles. The largest absolute Gasteiger partial charge is 0.491 e. The van der Waals surface area contributed by atoms with E-state index in [9.17, 15) is 22.8 Å². The van der Waals surface area contributed by atoms with Gasteiger partial charge in [0, 0.05) is 56.9 Å². The van der Waals surface area contributed by atoms with E-state index in [1.54, 1.807) is 9.80 Å². The first-order chi connectivity index (χ1) is 14.6. The number of piperidine rings is 1. The standard InChI is InChI=1S/C19H23Cl2F3N4O3/c20-13-9-12(15(10-14(13)21)31-17(29)19(22,23)24)16(25)11-1-5-27(6-2-11)18(30)28-7-3-26-4-8-28/h9-11,16,26H,1-8,25H2/t16-/m1/s1. The third-order valence-electron chi connectivity index (χ3n) is 5.55. The highest BCUT2D eigenvalue weighted by atomic mass is 35.5. The van der Waals surface area contributed by atoms with E-state index >= 15 is 0 Å². The van der Waals surface area contributed by atoms with Crippen molar-refractivity contribution >= 4 is 35.2 Å².